The molecule has 0 spiro atoms. The van der Waals surface area contributed by atoms with Crippen molar-refractivity contribution in [1.82, 2.24) is 4.90 Å². The fraction of sp³-hybridized carbons (Fsp3) is 0.500. The quantitative estimate of drug-likeness (QED) is 0.878. The van der Waals surface area contributed by atoms with E-state index in [1.807, 2.05) is 24.4 Å². The molecule has 15 heavy (non-hydrogen) atoms. The smallest absolute Gasteiger partial charge is 0.236 e. The lowest BCUT2D eigenvalue weighted by atomic mass is 10.3. The molecule has 0 saturated carbocycles. The van der Waals surface area contributed by atoms with E-state index in [9.17, 15) is 4.79 Å². The van der Waals surface area contributed by atoms with E-state index in [-0.39, 0.29) is 23.1 Å². The average Bonchev–Trinajstić information content (AvgIpc) is 2.81. The molecule has 1 amide bonds. The molecule has 1 aromatic heterocycles. The molecule has 5 heteroatoms. The molecule has 0 aliphatic carbocycles. The zero-order valence-electron chi connectivity index (χ0n) is 8.42. The summed E-state index contributed by atoms with van der Waals surface area (Å²) in [5.41, 5.74) is 0. The first-order valence-electron chi connectivity index (χ1n) is 4.84. The Morgan fingerprint density at radius 2 is 2.40 bits per heavy atom. The van der Waals surface area contributed by atoms with Crippen LogP contribution in [0, 0.1) is 0 Å². The number of aliphatic hydroxyl groups excluding tert-OH is 1. The first-order chi connectivity index (χ1) is 7.24. The van der Waals surface area contributed by atoms with Gasteiger partial charge in [0, 0.05) is 11.4 Å². The Bertz CT molecular complexity index is 339. The highest BCUT2D eigenvalue weighted by atomic mass is 32.2. The molecule has 1 aliphatic heterocycles. The van der Waals surface area contributed by atoms with Crippen LogP contribution >= 0.6 is 23.1 Å². The predicted octanol–water partition coefficient (Wildman–Crippen LogP) is 1.70. The third-order valence-corrected chi connectivity index (χ3v) is 4.82. The first-order valence-corrected chi connectivity index (χ1v) is 6.66. The highest BCUT2D eigenvalue weighted by Crippen LogP contribution is 2.43. The van der Waals surface area contributed by atoms with Crippen LogP contribution in [0.15, 0.2) is 17.5 Å². The van der Waals surface area contributed by atoms with E-state index in [4.69, 9.17) is 5.11 Å². The summed E-state index contributed by atoms with van der Waals surface area (Å²) in [5.74, 6) is 0.132. The average molecular weight is 243 g/mol. The third-order valence-electron chi connectivity index (χ3n) is 2.37. The van der Waals surface area contributed by atoms with E-state index < -0.39 is 0 Å². The minimum absolute atomic E-state index is 0.00338. The fourth-order valence-corrected chi connectivity index (χ4v) is 3.92. The largest absolute Gasteiger partial charge is 0.395 e. The van der Waals surface area contributed by atoms with E-state index in [0.29, 0.717) is 6.54 Å². The number of carbonyl (C=O) groups is 1. The zero-order valence-corrected chi connectivity index (χ0v) is 10.1. The van der Waals surface area contributed by atoms with Crippen molar-refractivity contribution in [2.24, 2.45) is 0 Å². The van der Waals surface area contributed by atoms with E-state index >= 15 is 0 Å². The molecule has 2 heterocycles. The number of rotatable bonds is 3. The molecule has 0 bridgehead atoms. The Balaban J connectivity index is 2.20. The van der Waals surface area contributed by atoms with Crippen LogP contribution < -0.4 is 0 Å². The molecule has 3 nitrogen and oxygen atoms in total. The van der Waals surface area contributed by atoms with Gasteiger partial charge in [-0.15, -0.1) is 23.1 Å². The fourth-order valence-electron chi connectivity index (χ4n) is 1.66. The summed E-state index contributed by atoms with van der Waals surface area (Å²) in [6.45, 7) is 2.38. The number of carbonyl (C=O) groups excluding carboxylic acids is 1. The molecule has 2 atom stereocenters. The lowest BCUT2D eigenvalue weighted by molar-refractivity contribution is -0.130. The number of hydrogen-bond acceptors (Lipinski definition) is 4. The number of nitrogens with zero attached hydrogens (tertiary/aromatic N) is 1. The molecule has 82 valence electrons. The first kappa shape index (κ1) is 11.0. The van der Waals surface area contributed by atoms with Crippen molar-refractivity contribution >= 4 is 29.0 Å². The van der Waals surface area contributed by atoms with Gasteiger partial charge in [-0.3, -0.25) is 4.79 Å². The molecule has 1 fully saturated rings. The van der Waals surface area contributed by atoms with Crippen LogP contribution in [0.25, 0.3) is 0 Å². The van der Waals surface area contributed by atoms with Gasteiger partial charge in [-0.25, -0.2) is 0 Å². The number of β-amino-alcohol motifs (C(OH)–C–C–N with tert-alkyl or cyclic N) is 1. The highest BCUT2D eigenvalue weighted by molar-refractivity contribution is 8.01. The normalized spacial score (nSPS) is 26.3. The SMILES string of the molecule is C[C@H]1S[C@@H](c2cccs2)N(CCO)C1=O. The van der Waals surface area contributed by atoms with Gasteiger partial charge < -0.3 is 10.0 Å². The Morgan fingerprint density at radius 1 is 1.60 bits per heavy atom. The van der Waals surface area contributed by atoms with Crippen LogP contribution in [0.5, 0.6) is 0 Å². The van der Waals surface area contributed by atoms with Crippen molar-refractivity contribution in [3.05, 3.63) is 22.4 Å². The zero-order chi connectivity index (χ0) is 10.8. The molecule has 0 aromatic carbocycles. The second-order valence-corrected chi connectivity index (χ2v) is 5.81. The van der Waals surface area contributed by atoms with Gasteiger partial charge in [0.15, 0.2) is 0 Å². The minimum Gasteiger partial charge on any atom is -0.395 e. The van der Waals surface area contributed by atoms with Crippen LogP contribution in [-0.4, -0.2) is 34.3 Å². The van der Waals surface area contributed by atoms with Crippen LogP contribution in [0.1, 0.15) is 17.2 Å². The van der Waals surface area contributed by atoms with Gasteiger partial charge in [0.25, 0.3) is 0 Å². The molecular formula is C10H13NO2S2. The van der Waals surface area contributed by atoms with E-state index in [1.54, 1.807) is 28.0 Å². The van der Waals surface area contributed by atoms with Gasteiger partial charge in [-0.2, -0.15) is 0 Å². The molecule has 0 radical (unpaired) electrons. The Kier molecular flexibility index (Phi) is 3.33. The Labute approximate surface area is 97.1 Å². The summed E-state index contributed by atoms with van der Waals surface area (Å²) in [6, 6.07) is 4.03. The molecule has 2 rings (SSSR count). The highest BCUT2D eigenvalue weighted by Gasteiger charge is 2.38. The summed E-state index contributed by atoms with van der Waals surface area (Å²) < 4.78 is 0. The number of thiophene rings is 1. The van der Waals surface area contributed by atoms with Crippen LogP contribution in [-0.2, 0) is 4.79 Å². The summed E-state index contributed by atoms with van der Waals surface area (Å²) in [6.07, 6.45) is 0. The molecular weight excluding hydrogens is 230 g/mol. The summed E-state index contributed by atoms with van der Waals surface area (Å²) in [4.78, 5) is 14.8. The molecule has 1 aliphatic rings. The predicted molar refractivity (Wildman–Crippen MR) is 62.9 cm³/mol. The molecule has 1 N–H and O–H groups in total. The summed E-state index contributed by atoms with van der Waals surface area (Å²) >= 11 is 3.31. The van der Waals surface area contributed by atoms with Crippen molar-refractivity contribution < 1.29 is 9.90 Å². The van der Waals surface area contributed by atoms with Crippen molar-refractivity contribution in [2.75, 3.05) is 13.2 Å². The maximum absolute atomic E-state index is 11.8. The minimum atomic E-state index is 0.00338. The van der Waals surface area contributed by atoms with E-state index in [1.165, 1.54) is 4.88 Å². The van der Waals surface area contributed by atoms with Crippen molar-refractivity contribution in [2.45, 2.75) is 17.5 Å². The van der Waals surface area contributed by atoms with Crippen molar-refractivity contribution in [1.29, 1.82) is 0 Å². The lowest BCUT2D eigenvalue weighted by Gasteiger charge is -2.21. The maximum Gasteiger partial charge on any atom is 0.236 e. The van der Waals surface area contributed by atoms with E-state index in [2.05, 4.69) is 0 Å². The van der Waals surface area contributed by atoms with Gasteiger partial charge in [-0.1, -0.05) is 6.07 Å². The second kappa shape index (κ2) is 4.55. The molecule has 1 aromatic rings. The summed E-state index contributed by atoms with van der Waals surface area (Å²) in [7, 11) is 0. The van der Waals surface area contributed by atoms with Crippen molar-refractivity contribution in [3.63, 3.8) is 0 Å². The molecule has 1 saturated heterocycles. The van der Waals surface area contributed by atoms with Crippen LogP contribution in [0.2, 0.25) is 0 Å². The standard InChI is InChI=1S/C10H13NO2S2/c1-7-9(13)11(4-5-12)10(15-7)8-3-2-6-14-8/h2-3,6-7,10,12H,4-5H2,1H3/t7-,10+/m1/s1. The second-order valence-electron chi connectivity index (χ2n) is 3.40. The maximum atomic E-state index is 11.8. The van der Waals surface area contributed by atoms with Gasteiger partial charge in [-0.05, 0) is 18.4 Å². The van der Waals surface area contributed by atoms with Crippen LogP contribution in [0.4, 0.5) is 0 Å². The number of thioether (sulfide) groups is 1. The van der Waals surface area contributed by atoms with Gasteiger partial charge in [0.2, 0.25) is 5.91 Å². The molecule has 0 unspecified atom stereocenters. The number of hydrogen-bond donors (Lipinski definition) is 1. The third kappa shape index (κ3) is 2.04. The van der Waals surface area contributed by atoms with Crippen molar-refractivity contribution in [3.8, 4) is 0 Å². The van der Waals surface area contributed by atoms with E-state index in [0.717, 1.165) is 0 Å². The van der Waals surface area contributed by atoms with Gasteiger partial charge in [0.1, 0.15) is 5.37 Å². The van der Waals surface area contributed by atoms with Crippen LogP contribution in [0.3, 0.4) is 0 Å². The topological polar surface area (TPSA) is 40.5 Å². The Morgan fingerprint density at radius 3 is 3.00 bits per heavy atom. The number of aliphatic hydroxyl groups is 1. The lowest BCUT2D eigenvalue weighted by Crippen LogP contribution is -2.32. The van der Waals surface area contributed by atoms with Gasteiger partial charge >= 0.3 is 0 Å². The monoisotopic (exact) mass is 243 g/mol. The van der Waals surface area contributed by atoms with Gasteiger partial charge in [0.05, 0.1) is 11.9 Å². The summed E-state index contributed by atoms with van der Waals surface area (Å²) in [5, 5.41) is 11.1. The Hall–Kier alpha value is -0.520. The number of amides is 1.